The molecule has 0 aliphatic carbocycles. The van der Waals surface area contributed by atoms with Crippen LogP contribution >= 0.6 is 11.8 Å². The number of nitrogens with one attached hydrogen (secondary N) is 1. The Bertz CT molecular complexity index is 522. The number of aromatic nitrogens is 2. The Morgan fingerprint density at radius 3 is 3.16 bits per heavy atom. The molecule has 1 amide bonds. The molecule has 0 fully saturated rings. The van der Waals surface area contributed by atoms with Gasteiger partial charge in [-0.3, -0.25) is 4.79 Å². The van der Waals surface area contributed by atoms with Gasteiger partial charge in [0, 0.05) is 18.9 Å². The third-order valence-electron chi connectivity index (χ3n) is 2.70. The summed E-state index contributed by atoms with van der Waals surface area (Å²) in [5.41, 5.74) is 0. The van der Waals surface area contributed by atoms with E-state index in [-0.39, 0.29) is 11.9 Å². The first kappa shape index (κ1) is 13.7. The summed E-state index contributed by atoms with van der Waals surface area (Å²) in [6, 6.07) is 3.54. The summed E-state index contributed by atoms with van der Waals surface area (Å²) in [6.45, 7) is 4.80. The standard InChI is InChI=1S/C13H17N3O2S/c1-3-16-7-6-14-13(16)19-9-12(17)15-10(2)11-5-4-8-18-11/h4-8,10H,3,9H2,1-2H3,(H,15,17). The van der Waals surface area contributed by atoms with Crippen LogP contribution in [0.3, 0.4) is 0 Å². The molecule has 0 bridgehead atoms. The number of hydrogen-bond acceptors (Lipinski definition) is 4. The molecule has 6 heteroatoms. The third-order valence-corrected chi connectivity index (χ3v) is 3.70. The van der Waals surface area contributed by atoms with Gasteiger partial charge in [0.2, 0.25) is 5.91 Å². The Hall–Kier alpha value is -1.69. The fourth-order valence-corrected chi connectivity index (χ4v) is 2.53. The number of carbonyl (C=O) groups excluding carboxylic acids is 1. The Labute approximate surface area is 116 Å². The van der Waals surface area contributed by atoms with E-state index in [1.807, 2.05) is 36.7 Å². The number of imidazole rings is 1. The lowest BCUT2D eigenvalue weighted by Crippen LogP contribution is -2.28. The molecule has 0 aliphatic heterocycles. The highest BCUT2D eigenvalue weighted by molar-refractivity contribution is 7.99. The van der Waals surface area contributed by atoms with Gasteiger partial charge in [0.15, 0.2) is 5.16 Å². The first-order chi connectivity index (χ1) is 9.20. The summed E-state index contributed by atoms with van der Waals surface area (Å²) in [5.74, 6) is 1.08. The van der Waals surface area contributed by atoms with Crippen molar-refractivity contribution in [3.63, 3.8) is 0 Å². The number of rotatable bonds is 6. The second kappa shape index (κ2) is 6.47. The Morgan fingerprint density at radius 1 is 1.63 bits per heavy atom. The Kier molecular flexibility index (Phi) is 4.68. The van der Waals surface area contributed by atoms with Gasteiger partial charge in [-0.15, -0.1) is 0 Å². The zero-order valence-corrected chi connectivity index (χ0v) is 11.8. The van der Waals surface area contributed by atoms with Crippen molar-refractivity contribution in [2.24, 2.45) is 0 Å². The molecule has 0 saturated heterocycles. The van der Waals surface area contributed by atoms with Gasteiger partial charge >= 0.3 is 0 Å². The van der Waals surface area contributed by atoms with Crippen LogP contribution in [0.2, 0.25) is 0 Å². The molecule has 0 spiro atoms. The van der Waals surface area contributed by atoms with Crippen LogP contribution in [0.25, 0.3) is 0 Å². The minimum absolute atomic E-state index is 0.0282. The predicted molar refractivity (Wildman–Crippen MR) is 73.9 cm³/mol. The zero-order valence-electron chi connectivity index (χ0n) is 11.0. The molecule has 0 radical (unpaired) electrons. The molecular weight excluding hydrogens is 262 g/mol. The van der Waals surface area contributed by atoms with Crippen LogP contribution < -0.4 is 5.32 Å². The van der Waals surface area contributed by atoms with Crippen molar-refractivity contribution in [2.45, 2.75) is 31.6 Å². The molecule has 0 aromatic carbocycles. The van der Waals surface area contributed by atoms with Crippen molar-refractivity contribution in [1.29, 1.82) is 0 Å². The van der Waals surface area contributed by atoms with Crippen LogP contribution in [0.4, 0.5) is 0 Å². The van der Waals surface area contributed by atoms with E-state index in [4.69, 9.17) is 4.42 Å². The maximum absolute atomic E-state index is 11.8. The number of amides is 1. The quantitative estimate of drug-likeness (QED) is 0.825. The monoisotopic (exact) mass is 279 g/mol. The SMILES string of the molecule is CCn1ccnc1SCC(=O)NC(C)c1ccco1. The number of nitrogens with zero attached hydrogens (tertiary/aromatic N) is 2. The summed E-state index contributed by atoms with van der Waals surface area (Å²) in [6.07, 6.45) is 5.26. The van der Waals surface area contributed by atoms with Crippen LogP contribution in [-0.2, 0) is 11.3 Å². The second-order valence-corrected chi connectivity index (χ2v) is 5.03. The van der Waals surface area contributed by atoms with Crippen LogP contribution in [0, 0.1) is 0 Å². The van der Waals surface area contributed by atoms with Crippen LogP contribution in [0.15, 0.2) is 40.4 Å². The van der Waals surface area contributed by atoms with Gasteiger partial charge in [-0.05, 0) is 26.0 Å². The number of hydrogen-bond donors (Lipinski definition) is 1. The van der Waals surface area contributed by atoms with Gasteiger partial charge in [0.25, 0.3) is 0 Å². The number of thioether (sulfide) groups is 1. The topological polar surface area (TPSA) is 60.1 Å². The zero-order chi connectivity index (χ0) is 13.7. The van der Waals surface area contributed by atoms with Crippen molar-refractivity contribution in [3.8, 4) is 0 Å². The van der Waals surface area contributed by atoms with Crippen molar-refractivity contribution >= 4 is 17.7 Å². The van der Waals surface area contributed by atoms with Gasteiger partial charge in [-0.1, -0.05) is 11.8 Å². The van der Waals surface area contributed by atoms with E-state index in [2.05, 4.69) is 10.3 Å². The van der Waals surface area contributed by atoms with Gasteiger partial charge in [0.05, 0.1) is 18.1 Å². The minimum atomic E-state index is -0.117. The lowest BCUT2D eigenvalue weighted by Gasteiger charge is -2.11. The molecular formula is C13H17N3O2S. The van der Waals surface area contributed by atoms with E-state index in [1.54, 1.807) is 12.5 Å². The maximum Gasteiger partial charge on any atom is 0.231 e. The summed E-state index contributed by atoms with van der Waals surface area (Å²) in [5, 5.41) is 3.76. The molecule has 0 aliphatic rings. The molecule has 1 atom stereocenters. The highest BCUT2D eigenvalue weighted by atomic mass is 32.2. The molecule has 102 valence electrons. The minimum Gasteiger partial charge on any atom is -0.467 e. The normalized spacial score (nSPS) is 12.3. The van der Waals surface area contributed by atoms with E-state index >= 15 is 0 Å². The number of furan rings is 1. The highest BCUT2D eigenvalue weighted by Crippen LogP contribution is 2.16. The van der Waals surface area contributed by atoms with Crippen LogP contribution in [0.5, 0.6) is 0 Å². The maximum atomic E-state index is 11.8. The molecule has 2 rings (SSSR count). The largest absolute Gasteiger partial charge is 0.467 e. The number of aryl methyl sites for hydroxylation is 1. The van der Waals surface area contributed by atoms with Crippen molar-refractivity contribution in [2.75, 3.05) is 5.75 Å². The third kappa shape index (κ3) is 3.64. The fraction of sp³-hybridized carbons (Fsp3) is 0.385. The van der Waals surface area contributed by atoms with Crippen molar-refractivity contribution < 1.29 is 9.21 Å². The van der Waals surface area contributed by atoms with Crippen molar-refractivity contribution in [1.82, 2.24) is 14.9 Å². The summed E-state index contributed by atoms with van der Waals surface area (Å²) < 4.78 is 7.25. The molecule has 19 heavy (non-hydrogen) atoms. The van der Waals surface area contributed by atoms with Gasteiger partial charge in [-0.2, -0.15) is 0 Å². The van der Waals surface area contributed by atoms with E-state index in [1.165, 1.54) is 11.8 Å². The fourth-order valence-electron chi connectivity index (χ4n) is 1.70. The molecule has 2 aromatic heterocycles. The summed E-state index contributed by atoms with van der Waals surface area (Å²) in [4.78, 5) is 16.0. The Balaban J connectivity index is 1.82. The van der Waals surface area contributed by atoms with Crippen LogP contribution in [-0.4, -0.2) is 21.2 Å². The van der Waals surface area contributed by atoms with E-state index in [9.17, 15) is 4.79 Å². The molecule has 1 N–H and O–H groups in total. The lowest BCUT2D eigenvalue weighted by atomic mass is 10.2. The highest BCUT2D eigenvalue weighted by Gasteiger charge is 2.12. The van der Waals surface area contributed by atoms with E-state index in [0.29, 0.717) is 5.75 Å². The van der Waals surface area contributed by atoms with Crippen molar-refractivity contribution in [3.05, 3.63) is 36.5 Å². The molecule has 5 nitrogen and oxygen atoms in total. The molecule has 0 saturated carbocycles. The van der Waals surface area contributed by atoms with Gasteiger partial charge in [0.1, 0.15) is 5.76 Å². The second-order valence-electron chi connectivity index (χ2n) is 4.09. The van der Waals surface area contributed by atoms with Gasteiger partial charge in [-0.25, -0.2) is 4.98 Å². The number of carbonyl (C=O) groups is 1. The molecule has 2 aromatic rings. The van der Waals surface area contributed by atoms with Crippen LogP contribution in [0.1, 0.15) is 25.6 Å². The first-order valence-electron chi connectivity index (χ1n) is 6.17. The summed E-state index contributed by atoms with van der Waals surface area (Å²) >= 11 is 1.43. The molecule has 1 unspecified atom stereocenters. The van der Waals surface area contributed by atoms with Gasteiger partial charge < -0.3 is 14.3 Å². The lowest BCUT2D eigenvalue weighted by molar-refractivity contribution is -0.119. The average molecular weight is 279 g/mol. The summed E-state index contributed by atoms with van der Waals surface area (Å²) in [7, 11) is 0. The van der Waals surface area contributed by atoms with E-state index < -0.39 is 0 Å². The Morgan fingerprint density at radius 2 is 2.47 bits per heavy atom. The molecule has 2 heterocycles. The van der Waals surface area contributed by atoms with E-state index in [0.717, 1.165) is 17.5 Å². The first-order valence-corrected chi connectivity index (χ1v) is 7.16. The smallest absolute Gasteiger partial charge is 0.231 e. The average Bonchev–Trinajstić information content (AvgIpc) is 3.07. The predicted octanol–water partition coefficient (Wildman–Crippen LogP) is 2.47.